The van der Waals surface area contributed by atoms with Gasteiger partial charge < -0.3 is 15.2 Å². The fourth-order valence-electron chi connectivity index (χ4n) is 4.06. The first-order valence-corrected chi connectivity index (χ1v) is 8.58. The predicted molar refractivity (Wildman–Crippen MR) is 97.5 cm³/mol. The van der Waals surface area contributed by atoms with Crippen molar-refractivity contribution in [2.24, 2.45) is 5.92 Å². The molecular formula is C21H19NO4. The minimum absolute atomic E-state index is 0.00356. The Morgan fingerprint density at radius 1 is 1.15 bits per heavy atom. The molecule has 0 fully saturated rings. The quantitative estimate of drug-likeness (QED) is 0.647. The molecule has 0 amide bonds. The summed E-state index contributed by atoms with van der Waals surface area (Å²) in [5, 5.41) is 12.6. The molecule has 26 heavy (non-hydrogen) atoms. The molecule has 0 saturated heterocycles. The summed E-state index contributed by atoms with van der Waals surface area (Å²) in [7, 11) is 1.38. The number of allylic oxidation sites excluding steroid dienone is 2. The average molecular weight is 349 g/mol. The van der Waals surface area contributed by atoms with Gasteiger partial charge in [0, 0.05) is 5.92 Å². The molecular weight excluding hydrogens is 330 g/mol. The molecule has 2 aromatic carbocycles. The zero-order valence-corrected chi connectivity index (χ0v) is 14.3. The van der Waals surface area contributed by atoms with Crippen molar-refractivity contribution < 1.29 is 19.4 Å². The van der Waals surface area contributed by atoms with E-state index in [9.17, 15) is 9.59 Å². The van der Waals surface area contributed by atoms with Crippen molar-refractivity contribution in [2.45, 2.75) is 18.4 Å². The summed E-state index contributed by atoms with van der Waals surface area (Å²) in [4.78, 5) is 23.3. The van der Waals surface area contributed by atoms with Gasteiger partial charge in [0.15, 0.2) is 0 Å². The minimum Gasteiger partial charge on any atom is -0.478 e. The van der Waals surface area contributed by atoms with Crippen molar-refractivity contribution in [3.05, 3.63) is 76.9 Å². The number of hydrogen-bond acceptors (Lipinski definition) is 4. The Labute approximate surface area is 151 Å². The van der Waals surface area contributed by atoms with Crippen LogP contribution in [0.15, 0.2) is 54.6 Å². The Morgan fingerprint density at radius 2 is 1.92 bits per heavy atom. The van der Waals surface area contributed by atoms with Crippen LogP contribution in [0.4, 0.5) is 5.69 Å². The van der Waals surface area contributed by atoms with Crippen LogP contribution in [-0.2, 0) is 4.74 Å². The number of carboxylic acids is 1. The summed E-state index contributed by atoms with van der Waals surface area (Å²) in [6, 6.07) is 12.6. The molecule has 0 unspecified atom stereocenters. The van der Waals surface area contributed by atoms with E-state index in [4.69, 9.17) is 9.84 Å². The number of nitrogens with one attached hydrogen (secondary N) is 1. The molecule has 3 atom stereocenters. The highest BCUT2D eigenvalue weighted by molar-refractivity contribution is 5.97. The van der Waals surface area contributed by atoms with Gasteiger partial charge in [0.1, 0.15) is 0 Å². The first-order valence-electron chi connectivity index (χ1n) is 8.58. The average Bonchev–Trinajstić information content (AvgIpc) is 3.16. The van der Waals surface area contributed by atoms with Gasteiger partial charge in [-0.15, -0.1) is 0 Å². The summed E-state index contributed by atoms with van der Waals surface area (Å²) >= 11 is 0. The van der Waals surface area contributed by atoms with Gasteiger partial charge in [-0.05, 0) is 41.7 Å². The van der Waals surface area contributed by atoms with Crippen LogP contribution in [0.1, 0.15) is 50.2 Å². The Balaban J connectivity index is 1.78. The molecule has 5 heteroatoms. The number of carbonyl (C=O) groups is 2. The second-order valence-corrected chi connectivity index (χ2v) is 6.66. The SMILES string of the molecule is COC(=O)c1cccc2c1N[C@@H](c1ccc(C(=O)O)cc1)[C@H]1CC=C[C@@H]21. The van der Waals surface area contributed by atoms with Gasteiger partial charge in [0.05, 0.1) is 30.0 Å². The Morgan fingerprint density at radius 3 is 2.62 bits per heavy atom. The largest absolute Gasteiger partial charge is 0.478 e. The van der Waals surface area contributed by atoms with Crippen molar-refractivity contribution in [1.29, 1.82) is 0 Å². The van der Waals surface area contributed by atoms with Gasteiger partial charge in [0.25, 0.3) is 0 Å². The fraction of sp³-hybridized carbons (Fsp3) is 0.238. The van der Waals surface area contributed by atoms with E-state index in [-0.39, 0.29) is 23.5 Å². The number of fused-ring (bicyclic) bond motifs is 3. The summed E-state index contributed by atoms with van der Waals surface area (Å²) in [6.07, 6.45) is 5.31. The third-order valence-corrected chi connectivity index (χ3v) is 5.32. The Kier molecular flexibility index (Phi) is 3.99. The zero-order valence-electron chi connectivity index (χ0n) is 14.3. The number of aromatic carboxylic acids is 1. The van der Waals surface area contributed by atoms with Crippen molar-refractivity contribution in [2.75, 3.05) is 12.4 Å². The number of para-hydroxylation sites is 1. The number of carboxylic acid groups (broad SMARTS) is 1. The highest BCUT2D eigenvalue weighted by Crippen LogP contribution is 2.50. The van der Waals surface area contributed by atoms with Crippen molar-refractivity contribution in [1.82, 2.24) is 0 Å². The molecule has 1 aliphatic heterocycles. The topological polar surface area (TPSA) is 75.6 Å². The summed E-state index contributed by atoms with van der Waals surface area (Å²) in [5.41, 5.74) is 3.71. The van der Waals surface area contributed by atoms with Gasteiger partial charge in [-0.3, -0.25) is 0 Å². The molecule has 1 heterocycles. The number of carbonyl (C=O) groups excluding carboxylic acids is 1. The van der Waals surface area contributed by atoms with E-state index in [1.165, 1.54) is 7.11 Å². The lowest BCUT2D eigenvalue weighted by Crippen LogP contribution is -2.30. The number of anilines is 1. The van der Waals surface area contributed by atoms with Crippen molar-refractivity contribution >= 4 is 17.6 Å². The summed E-state index contributed by atoms with van der Waals surface area (Å²) in [5.74, 6) is -0.757. The number of methoxy groups -OCH3 is 1. The summed E-state index contributed by atoms with van der Waals surface area (Å²) in [6.45, 7) is 0. The number of hydrogen-bond donors (Lipinski definition) is 2. The second-order valence-electron chi connectivity index (χ2n) is 6.66. The highest BCUT2D eigenvalue weighted by Gasteiger charge is 2.39. The lowest BCUT2D eigenvalue weighted by atomic mass is 9.76. The zero-order chi connectivity index (χ0) is 18.3. The predicted octanol–water partition coefficient (Wildman–Crippen LogP) is 4.00. The maximum absolute atomic E-state index is 12.2. The lowest BCUT2D eigenvalue weighted by Gasteiger charge is -2.38. The van der Waals surface area contributed by atoms with E-state index in [1.807, 2.05) is 24.3 Å². The van der Waals surface area contributed by atoms with Crippen LogP contribution in [0, 0.1) is 5.92 Å². The van der Waals surface area contributed by atoms with Crippen LogP contribution >= 0.6 is 0 Å². The second kappa shape index (κ2) is 6.33. The smallest absolute Gasteiger partial charge is 0.339 e. The highest BCUT2D eigenvalue weighted by atomic mass is 16.5. The monoisotopic (exact) mass is 349 g/mol. The molecule has 0 spiro atoms. The number of rotatable bonds is 3. The molecule has 2 aliphatic rings. The molecule has 5 nitrogen and oxygen atoms in total. The van der Waals surface area contributed by atoms with Crippen LogP contribution in [-0.4, -0.2) is 24.2 Å². The van der Waals surface area contributed by atoms with Crippen LogP contribution < -0.4 is 5.32 Å². The first-order chi connectivity index (χ1) is 12.6. The van der Waals surface area contributed by atoms with Crippen LogP contribution in [0.3, 0.4) is 0 Å². The Bertz CT molecular complexity index is 901. The number of benzene rings is 2. The number of esters is 1. The van der Waals surface area contributed by atoms with E-state index >= 15 is 0 Å². The third kappa shape index (κ3) is 2.56. The summed E-state index contributed by atoms with van der Waals surface area (Å²) < 4.78 is 4.93. The van der Waals surface area contributed by atoms with Crippen molar-refractivity contribution in [3.8, 4) is 0 Å². The molecule has 4 rings (SSSR count). The third-order valence-electron chi connectivity index (χ3n) is 5.32. The molecule has 132 valence electrons. The van der Waals surface area contributed by atoms with E-state index in [1.54, 1.807) is 18.2 Å². The maximum Gasteiger partial charge on any atom is 0.339 e. The van der Waals surface area contributed by atoms with E-state index in [2.05, 4.69) is 17.5 Å². The van der Waals surface area contributed by atoms with E-state index < -0.39 is 5.97 Å². The minimum atomic E-state index is -0.938. The molecule has 1 aliphatic carbocycles. The normalized spacial score (nSPS) is 22.9. The van der Waals surface area contributed by atoms with E-state index in [0.29, 0.717) is 11.5 Å². The molecule has 2 N–H and O–H groups in total. The molecule has 0 radical (unpaired) electrons. The number of ether oxygens (including phenoxy) is 1. The van der Waals surface area contributed by atoms with Crippen LogP contribution in [0.2, 0.25) is 0 Å². The standard InChI is InChI=1S/C21H19NO4/c1-26-21(25)17-7-3-6-16-14-4-2-5-15(14)18(22-19(16)17)12-8-10-13(11-9-12)20(23)24/h2-4,6-11,14-15,18,22H,5H2,1H3,(H,23,24)/t14-,15+,18+/m1/s1. The maximum atomic E-state index is 12.2. The van der Waals surface area contributed by atoms with Crippen LogP contribution in [0.25, 0.3) is 0 Å². The van der Waals surface area contributed by atoms with E-state index in [0.717, 1.165) is 23.2 Å². The Hall–Kier alpha value is -3.08. The lowest BCUT2D eigenvalue weighted by molar-refractivity contribution is 0.0600. The molecule has 0 bridgehead atoms. The van der Waals surface area contributed by atoms with Gasteiger partial charge in [-0.1, -0.05) is 36.4 Å². The van der Waals surface area contributed by atoms with Gasteiger partial charge in [-0.2, -0.15) is 0 Å². The van der Waals surface area contributed by atoms with Crippen molar-refractivity contribution in [3.63, 3.8) is 0 Å². The first kappa shape index (κ1) is 16.4. The molecule has 2 aromatic rings. The van der Waals surface area contributed by atoms with Crippen LogP contribution in [0.5, 0.6) is 0 Å². The van der Waals surface area contributed by atoms with Gasteiger partial charge >= 0.3 is 11.9 Å². The molecule has 0 aromatic heterocycles. The fourth-order valence-corrected chi connectivity index (χ4v) is 4.06. The molecule has 0 saturated carbocycles. The van der Waals surface area contributed by atoms with Gasteiger partial charge in [0.2, 0.25) is 0 Å². The van der Waals surface area contributed by atoms with Gasteiger partial charge in [-0.25, -0.2) is 9.59 Å².